The van der Waals surface area contributed by atoms with Crippen LogP contribution in [0.15, 0.2) is 47.6 Å². The largest absolute Gasteiger partial charge is 0.334 e. The highest BCUT2D eigenvalue weighted by atomic mass is 32.2. The second-order valence-corrected chi connectivity index (χ2v) is 11.7. The van der Waals surface area contributed by atoms with Crippen LogP contribution >= 0.6 is 11.8 Å². The molecule has 2 saturated carbocycles. The minimum atomic E-state index is -0.0506. The minimum Gasteiger partial charge on any atom is -0.334 e. The normalized spacial score (nSPS) is 18.0. The molecule has 6 rings (SSSR count). The van der Waals surface area contributed by atoms with Crippen LogP contribution in [-0.4, -0.2) is 33.3 Å². The van der Waals surface area contributed by atoms with Gasteiger partial charge in [0.25, 0.3) is 0 Å². The summed E-state index contributed by atoms with van der Waals surface area (Å²) in [6.45, 7) is 5.43. The molecule has 3 aromatic rings. The van der Waals surface area contributed by atoms with Crippen molar-refractivity contribution in [3.05, 3.63) is 65.4 Å². The molecular weight excluding hydrogens is 466 g/mol. The Labute approximate surface area is 217 Å². The van der Waals surface area contributed by atoms with Crippen molar-refractivity contribution in [3.63, 3.8) is 0 Å². The predicted octanol–water partition coefficient (Wildman–Crippen LogP) is 6.38. The van der Waals surface area contributed by atoms with Gasteiger partial charge in [0.1, 0.15) is 6.33 Å². The summed E-state index contributed by atoms with van der Waals surface area (Å²) in [5.74, 6) is 1.58. The summed E-state index contributed by atoms with van der Waals surface area (Å²) in [5.41, 5.74) is 7.25. The molecule has 6 nitrogen and oxygen atoms in total. The molecule has 2 amide bonds. The summed E-state index contributed by atoms with van der Waals surface area (Å²) in [5, 5.41) is 3.16. The highest BCUT2D eigenvalue weighted by molar-refractivity contribution is 7.99. The van der Waals surface area contributed by atoms with Crippen LogP contribution in [0.2, 0.25) is 0 Å². The van der Waals surface area contributed by atoms with Crippen molar-refractivity contribution in [2.75, 3.05) is 17.2 Å². The number of nitrogens with one attached hydrogen (secondary N) is 1. The summed E-state index contributed by atoms with van der Waals surface area (Å²) in [6.07, 6.45) is 8.58. The van der Waals surface area contributed by atoms with Crippen LogP contribution in [0.4, 0.5) is 10.5 Å². The van der Waals surface area contributed by atoms with E-state index in [0.29, 0.717) is 19.0 Å². The van der Waals surface area contributed by atoms with Gasteiger partial charge >= 0.3 is 6.03 Å². The van der Waals surface area contributed by atoms with Crippen LogP contribution in [0.1, 0.15) is 74.0 Å². The van der Waals surface area contributed by atoms with Crippen LogP contribution in [0, 0.1) is 6.92 Å². The molecule has 36 heavy (non-hydrogen) atoms. The molecule has 3 aliphatic rings. The first-order valence-corrected chi connectivity index (χ1v) is 14.2. The number of rotatable bonds is 6. The van der Waals surface area contributed by atoms with E-state index >= 15 is 0 Å². The van der Waals surface area contributed by atoms with Crippen molar-refractivity contribution in [2.24, 2.45) is 0 Å². The van der Waals surface area contributed by atoms with Crippen LogP contribution in [0.25, 0.3) is 11.3 Å². The van der Waals surface area contributed by atoms with Gasteiger partial charge in [-0.15, -0.1) is 11.8 Å². The molecule has 0 bridgehead atoms. The molecule has 0 atom stereocenters. The van der Waals surface area contributed by atoms with E-state index in [4.69, 9.17) is 4.98 Å². The molecule has 186 valence electrons. The molecule has 1 aliphatic heterocycles. The SMILES string of the molecule is CCSc1ccc(CNC(=O)N2CC3(CCCC3)c3nc(-c4c(C)ncnc4C4CC4)ccc32)cc1. The number of benzene rings is 1. The third kappa shape index (κ3) is 4.27. The molecule has 0 unspecified atom stereocenters. The molecule has 0 radical (unpaired) electrons. The van der Waals surface area contributed by atoms with E-state index in [1.165, 1.54) is 30.6 Å². The Morgan fingerprint density at radius 2 is 1.89 bits per heavy atom. The standard InChI is InChI=1S/C29H33N5OS/c1-3-36-22-10-6-20(7-11-22)16-30-28(35)34-17-29(14-4-5-15-29)27-24(34)13-12-23(33-27)25-19(2)31-18-32-26(25)21-8-9-21/h6-7,10-13,18,21H,3-5,8-9,14-17H2,1-2H3,(H,30,35). The lowest BCUT2D eigenvalue weighted by molar-refractivity contribution is 0.245. The van der Waals surface area contributed by atoms with Crippen LogP contribution in [-0.2, 0) is 12.0 Å². The van der Waals surface area contributed by atoms with E-state index in [9.17, 15) is 4.79 Å². The van der Waals surface area contributed by atoms with Crippen LogP contribution in [0.3, 0.4) is 0 Å². The summed E-state index contributed by atoms with van der Waals surface area (Å²) >= 11 is 1.83. The molecule has 1 spiro atoms. The number of hydrogen-bond acceptors (Lipinski definition) is 5. The van der Waals surface area contributed by atoms with Crippen molar-refractivity contribution >= 4 is 23.5 Å². The third-order valence-corrected chi connectivity index (χ3v) is 8.79. The van der Waals surface area contributed by atoms with E-state index in [-0.39, 0.29) is 11.4 Å². The van der Waals surface area contributed by atoms with E-state index in [1.54, 1.807) is 6.33 Å². The lowest BCUT2D eigenvalue weighted by Gasteiger charge is -2.24. The van der Waals surface area contributed by atoms with Gasteiger partial charge in [0, 0.05) is 34.9 Å². The van der Waals surface area contributed by atoms with Crippen molar-refractivity contribution in [1.82, 2.24) is 20.3 Å². The van der Waals surface area contributed by atoms with E-state index < -0.39 is 0 Å². The highest BCUT2D eigenvalue weighted by Crippen LogP contribution is 2.51. The fourth-order valence-electron chi connectivity index (χ4n) is 5.91. The summed E-state index contributed by atoms with van der Waals surface area (Å²) in [7, 11) is 0. The van der Waals surface area contributed by atoms with Gasteiger partial charge in [-0.05, 0) is 68.2 Å². The molecule has 7 heteroatoms. The number of anilines is 1. The maximum Gasteiger partial charge on any atom is 0.322 e. The highest BCUT2D eigenvalue weighted by Gasteiger charge is 2.48. The average Bonchev–Trinajstić information content (AvgIpc) is 3.56. The Bertz CT molecular complexity index is 1280. The van der Waals surface area contributed by atoms with Crippen molar-refractivity contribution < 1.29 is 4.79 Å². The van der Waals surface area contributed by atoms with Crippen LogP contribution in [0.5, 0.6) is 0 Å². The number of nitrogens with zero attached hydrogens (tertiary/aromatic N) is 4. The van der Waals surface area contributed by atoms with Gasteiger partial charge < -0.3 is 5.32 Å². The zero-order chi connectivity index (χ0) is 24.7. The number of amides is 2. The number of carbonyl (C=O) groups is 1. The van der Waals surface area contributed by atoms with Gasteiger partial charge in [-0.3, -0.25) is 4.90 Å². The van der Waals surface area contributed by atoms with Gasteiger partial charge in [0.2, 0.25) is 0 Å². The monoisotopic (exact) mass is 499 g/mol. The maximum absolute atomic E-state index is 13.4. The van der Waals surface area contributed by atoms with Gasteiger partial charge in [0.15, 0.2) is 0 Å². The van der Waals surface area contributed by atoms with Gasteiger partial charge in [-0.2, -0.15) is 0 Å². The number of aryl methyl sites for hydroxylation is 1. The number of urea groups is 1. The first kappa shape index (κ1) is 23.5. The number of pyridine rings is 1. The molecule has 2 aromatic heterocycles. The summed E-state index contributed by atoms with van der Waals surface area (Å²) in [4.78, 5) is 31.0. The van der Waals surface area contributed by atoms with E-state index in [0.717, 1.165) is 58.2 Å². The topological polar surface area (TPSA) is 71.0 Å². The van der Waals surface area contributed by atoms with E-state index in [2.05, 4.69) is 65.5 Å². The maximum atomic E-state index is 13.4. The second kappa shape index (κ2) is 9.51. The quantitative estimate of drug-likeness (QED) is 0.399. The second-order valence-electron chi connectivity index (χ2n) is 10.4. The summed E-state index contributed by atoms with van der Waals surface area (Å²) < 4.78 is 0. The van der Waals surface area contributed by atoms with E-state index in [1.807, 2.05) is 16.7 Å². The number of carbonyl (C=O) groups excluding carboxylic acids is 1. The fraction of sp³-hybridized carbons (Fsp3) is 0.448. The Hall–Kier alpha value is -2.93. The lowest BCUT2D eigenvalue weighted by Crippen LogP contribution is -2.41. The molecular formula is C29H33N5OS. The molecule has 1 aromatic carbocycles. The first-order chi connectivity index (χ1) is 17.6. The Balaban J connectivity index is 1.28. The molecule has 1 N–H and O–H groups in total. The van der Waals surface area contributed by atoms with Gasteiger partial charge in [0.05, 0.1) is 28.5 Å². The predicted molar refractivity (Wildman–Crippen MR) is 145 cm³/mol. The molecule has 2 aliphatic carbocycles. The van der Waals surface area contributed by atoms with Gasteiger partial charge in [-0.25, -0.2) is 19.7 Å². The first-order valence-electron chi connectivity index (χ1n) is 13.2. The van der Waals surface area contributed by atoms with Crippen molar-refractivity contribution in [2.45, 2.75) is 75.1 Å². The number of hydrogen-bond donors (Lipinski definition) is 1. The Morgan fingerprint density at radius 3 is 2.61 bits per heavy atom. The lowest BCUT2D eigenvalue weighted by atomic mass is 9.84. The molecule has 0 saturated heterocycles. The molecule has 2 fully saturated rings. The smallest absolute Gasteiger partial charge is 0.322 e. The third-order valence-electron chi connectivity index (χ3n) is 7.90. The zero-order valence-corrected chi connectivity index (χ0v) is 21.9. The fourth-order valence-corrected chi connectivity index (χ4v) is 6.57. The summed E-state index contributed by atoms with van der Waals surface area (Å²) in [6, 6.07) is 12.6. The van der Waals surface area contributed by atoms with Gasteiger partial charge in [-0.1, -0.05) is 31.9 Å². The Morgan fingerprint density at radius 1 is 1.11 bits per heavy atom. The van der Waals surface area contributed by atoms with Crippen molar-refractivity contribution in [3.8, 4) is 11.3 Å². The minimum absolute atomic E-state index is 0.0421. The number of aromatic nitrogens is 3. The number of thioether (sulfide) groups is 1. The number of fused-ring (bicyclic) bond motifs is 2. The molecule has 3 heterocycles. The Kier molecular flexibility index (Phi) is 6.20. The zero-order valence-electron chi connectivity index (χ0n) is 21.1. The average molecular weight is 500 g/mol. The van der Waals surface area contributed by atoms with Crippen LogP contribution < -0.4 is 10.2 Å². The van der Waals surface area contributed by atoms with Crippen molar-refractivity contribution in [1.29, 1.82) is 0 Å².